The van der Waals surface area contributed by atoms with Gasteiger partial charge in [0, 0.05) is 40.2 Å². The summed E-state index contributed by atoms with van der Waals surface area (Å²) in [6.07, 6.45) is 1.55. The zero-order valence-corrected chi connectivity index (χ0v) is 11.4. The highest BCUT2D eigenvalue weighted by Crippen LogP contribution is 2.16. The van der Waals surface area contributed by atoms with Gasteiger partial charge in [-0.1, -0.05) is 0 Å². The summed E-state index contributed by atoms with van der Waals surface area (Å²) in [4.78, 5) is 37.0. The molecule has 1 fully saturated rings. The highest BCUT2D eigenvalue weighted by Gasteiger charge is 2.27. The number of urea groups is 1. The molecule has 1 rings (SSSR count). The molecular formula is C12H21N3O4. The van der Waals surface area contributed by atoms with E-state index in [0.29, 0.717) is 19.4 Å². The Kier molecular flexibility index (Phi) is 5.59. The fraction of sp³-hybridized carbons (Fsp3) is 0.750. The van der Waals surface area contributed by atoms with Crippen molar-refractivity contribution in [2.45, 2.75) is 19.3 Å². The lowest BCUT2D eigenvalue weighted by atomic mass is 9.99. The van der Waals surface area contributed by atoms with Crippen LogP contribution in [0.15, 0.2) is 0 Å². The first-order valence-electron chi connectivity index (χ1n) is 6.37. The lowest BCUT2D eigenvalue weighted by Crippen LogP contribution is -2.47. The molecule has 19 heavy (non-hydrogen) atoms. The van der Waals surface area contributed by atoms with Gasteiger partial charge >= 0.3 is 12.0 Å². The van der Waals surface area contributed by atoms with Gasteiger partial charge in [-0.25, -0.2) is 4.79 Å². The van der Waals surface area contributed by atoms with Gasteiger partial charge in [0.05, 0.1) is 5.92 Å². The van der Waals surface area contributed by atoms with Crippen molar-refractivity contribution in [3.05, 3.63) is 0 Å². The Balaban J connectivity index is 2.33. The molecule has 108 valence electrons. The number of nitrogens with zero attached hydrogens (tertiary/aromatic N) is 2. The van der Waals surface area contributed by atoms with E-state index in [1.54, 1.807) is 14.1 Å². The van der Waals surface area contributed by atoms with Gasteiger partial charge in [-0.2, -0.15) is 0 Å². The molecule has 1 aliphatic heterocycles. The number of rotatable bonds is 4. The fourth-order valence-corrected chi connectivity index (χ4v) is 1.97. The smallest absolute Gasteiger partial charge is 0.317 e. The first-order valence-corrected chi connectivity index (χ1v) is 6.37. The van der Waals surface area contributed by atoms with E-state index in [1.165, 1.54) is 9.80 Å². The molecule has 0 aliphatic carbocycles. The third-order valence-corrected chi connectivity index (χ3v) is 3.17. The van der Waals surface area contributed by atoms with Crippen LogP contribution in [-0.4, -0.2) is 66.5 Å². The highest BCUT2D eigenvalue weighted by molar-refractivity contribution is 5.78. The lowest BCUT2D eigenvalue weighted by molar-refractivity contribution is -0.143. The number of carbonyl (C=O) groups excluding carboxylic acids is 2. The van der Waals surface area contributed by atoms with E-state index in [2.05, 4.69) is 5.32 Å². The van der Waals surface area contributed by atoms with E-state index in [9.17, 15) is 14.4 Å². The molecule has 3 amide bonds. The van der Waals surface area contributed by atoms with Gasteiger partial charge in [-0.3, -0.25) is 9.59 Å². The van der Waals surface area contributed by atoms with Crippen molar-refractivity contribution in [2.75, 3.05) is 33.7 Å². The fourth-order valence-electron chi connectivity index (χ4n) is 1.97. The molecule has 0 bridgehead atoms. The van der Waals surface area contributed by atoms with Crippen LogP contribution in [0.1, 0.15) is 19.3 Å². The molecule has 0 spiro atoms. The van der Waals surface area contributed by atoms with Gasteiger partial charge < -0.3 is 20.2 Å². The van der Waals surface area contributed by atoms with Crippen molar-refractivity contribution < 1.29 is 19.5 Å². The lowest BCUT2D eigenvalue weighted by Gasteiger charge is -2.30. The van der Waals surface area contributed by atoms with Gasteiger partial charge in [0.15, 0.2) is 0 Å². The Bertz CT molecular complexity index is 357. The van der Waals surface area contributed by atoms with E-state index in [0.717, 1.165) is 0 Å². The largest absolute Gasteiger partial charge is 0.481 e. The SMILES string of the molecule is CN(C)C(=O)CCNC(=O)N1CCC[C@H](C(=O)O)C1. The average Bonchev–Trinajstić information content (AvgIpc) is 2.38. The minimum Gasteiger partial charge on any atom is -0.481 e. The van der Waals surface area contributed by atoms with Crippen LogP contribution >= 0.6 is 0 Å². The van der Waals surface area contributed by atoms with E-state index in [4.69, 9.17) is 5.11 Å². The third kappa shape index (κ3) is 4.76. The molecule has 7 nitrogen and oxygen atoms in total. The molecule has 1 saturated heterocycles. The number of carboxylic acids is 1. The topological polar surface area (TPSA) is 90.0 Å². The minimum absolute atomic E-state index is 0.0534. The maximum atomic E-state index is 11.8. The second-order valence-corrected chi connectivity index (χ2v) is 4.89. The number of carboxylic acid groups (broad SMARTS) is 1. The molecule has 0 aromatic rings. The predicted molar refractivity (Wildman–Crippen MR) is 68.6 cm³/mol. The number of nitrogens with one attached hydrogen (secondary N) is 1. The van der Waals surface area contributed by atoms with E-state index in [-0.39, 0.29) is 31.4 Å². The molecule has 0 aromatic heterocycles. The minimum atomic E-state index is -0.861. The molecule has 0 saturated carbocycles. The molecule has 7 heteroatoms. The van der Waals surface area contributed by atoms with Crippen LogP contribution in [0.25, 0.3) is 0 Å². The number of piperidine rings is 1. The van der Waals surface area contributed by atoms with Gasteiger partial charge in [0.1, 0.15) is 0 Å². The number of likely N-dealkylation sites (tertiary alicyclic amines) is 1. The summed E-state index contributed by atoms with van der Waals surface area (Å²) in [7, 11) is 3.32. The van der Waals surface area contributed by atoms with E-state index in [1.807, 2.05) is 0 Å². The van der Waals surface area contributed by atoms with Crippen LogP contribution in [-0.2, 0) is 9.59 Å². The van der Waals surface area contributed by atoms with Crippen LogP contribution in [0.5, 0.6) is 0 Å². The van der Waals surface area contributed by atoms with Crippen molar-refractivity contribution in [1.29, 1.82) is 0 Å². The van der Waals surface area contributed by atoms with Gasteiger partial charge in [0.25, 0.3) is 0 Å². The second-order valence-electron chi connectivity index (χ2n) is 4.89. The van der Waals surface area contributed by atoms with Crippen molar-refractivity contribution in [3.63, 3.8) is 0 Å². The van der Waals surface area contributed by atoms with Crippen LogP contribution in [0, 0.1) is 5.92 Å². The zero-order chi connectivity index (χ0) is 14.4. The van der Waals surface area contributed by atoms with Crippen LogP contribution in [0.3, 0.4) is 0 Å². The average molecular weight is 271 g/mol. The van der Waals surface area contributed by atoms with Crippen molar-refractivity contribution in [2.24, 2.45) is 5.92 Å². The summed E-state index contributed by atoms with van der Waals surface area (Å²) < 4.78 is 0. The summed E-state index contributed by atoms with van der Waals surface area (Å²) in [5.41, 5.74) is 0. The predicted octanol–water partition coefficient (Wildman–Crippen LogP) is -0.0291. The molecule has 2 N–H and O–H groups in total. The maximum absolute atomic E-state index is 11.8. The third-order valence-electron chi connectivity index (χ3n) is 3.17. The normalized spacial score (nSPS) is 18.8. The number of amides is 3. The summed E-state index contributed by atoms with van der Waals surface area (Å²) >= 11 is 0. The first kappa shape index (κ1) is 15.3. The Labute approximate surface area is 112 Å². The summed E-state index contributed by atoms with van der Waals surface area (Å²) in [6, 6.07) is -0.294. The number of hydrogen-bond donors (Lipinski definition) is 2. The number of hydrogen-bond acceptors (Lipinski definition) is 3. The summed E-state index contributed by atoms with van der Waals surface area (Å²) in [6.45, 7) is 1.07. The maximum Gasteiger partial charge on any atom is 0.317 e. The second kappa shape index (κ2) is 6.96. The Hall–Kier alpha value is -1.79. The molecular weight excluding hydrogens is 250 g/mol. The van der Waals surface area contributed by atoms with Crippen LogP contribution in [0.2, 0.25) is 0 Å². The van der Waals surface area contributed by atoms with Crippen molar-refractivity contribution >= 4 is 17.9 Å². The molecule has 0 unspecified atom stereocenters. The Morgan fingerprint density at radius 1 is 1.37 bits per heavy atom. The number of aliphatic carboxylic acids is 1. The first-order chi connectivity index (χ1) is 8.91. The molecule has 0 aromatic carbocycles. The van der Waals surface area contributed by atoms with Gasteiger partial charge in [-0.15, -0.1) is 0 Å². The molecule has 0 radical (unpaired) electrons. The van der Waals surface area contributed by atoms with Gasteiger partial charge in [0.2, 0.25) is 5.91 Å². The quantitative estimate of drug-likeness (QED) is 0.751. The number of carbonyl (C=O) groups is 3. The monoisotopic (exact) mass is 271 g/mol. The Morgan fingerprint density at radius 2 is 2.05 bits per heavy atom. The van der Waals surface area contributed by atoms with E-state index >= 15 is 0 Å². The van der Waals surface area contributed by atoms with Crippen molar-refractivity contribution in [3.8, 4) is 0 Å². The summed E-state index contributed by atoms with van der Waals surface area (Å²) in [5, 5.41) is 11.6. The van der Waals surface area contributed by atoms with E-state index < -0.39 is 11.9 Å². The zero-order valence-electron chi connectivity index (χ0n) is 11.4. The summed E-state index contributed by atoms with van der Waals surface area (Å²) in [5.74, 6) is -1.40. The van der Waals surface area contributed by atoms with Crippen LogP contribution < -0.4 is 5.32 Å². The van der Waals surface area contributed by atoms with Gasteiger partial charge in [-0.05, 0) is 12.8 Å². The standard InChI is InChI=1S/C12H21N3O4/c1-14(2)10(16)5-6-13-12(19)15-7-3-4-9(8-15)11(17)18/h9H,3-8H2,1-2H3,(H,13,19)(H,17,18)/t9-/m0/s1. The van der Waals surface area contributed by atoms with Crippen LogP contribution in [0.4, 0.5) is 4.79 Å². The molecule has 1 atom stereocenters. The highest BCUT2D eigenvalue weighted by atomic mass is 16.4. The molecule has 1 aliphatic rings. The van der Waals surface area contributed by atoms with Crippen molar-refractivity contribution in [1.82, 2.24) is 15.1 Å². The Morgan fingerprint density at radius 3 is 2.63 bits per heavy atom. The molecule has 1 heterocycles.